The molecule has 10 nitrogen and oxygen atoms in total. The van der Waals surface area contributed by atoms with Crippen LogP contribution in [0.25, 0.3) is 0 Å². The Labute approximate surface area is 209 Å². The van der Waals surface area contributed by atoms with Crippen molar-refractivity contribution in [2.24, 2.45) is 5.73 Å². The molecule has 2 aliphatic heterocycles. The Morgan fingerprint density at radius 3 is 2.29 bits per heavy atom. The van der Waals surface area contributed by atoms with Gasteiger partial charge in [-0.2, -0.15) is 0 Å². The number of aliphatic carboxylic acids is 1. The highest BCUT2D eigenvalue weighted by atomic mass is 32.2. The van der Waals surface area contributed by atoms with Gasteiger partial charge in [-0.1, -0.05) is 51.1 Å². The monoisotopic (exact) mass is 506 g/mol. The third kappa shape index (κ3) is 7.06. The average molecular weight is 507 g/mol. The maximum absolute atomic E-state index is 12.5. The summed E-state index contributed by atoms with van der Waals surface area (Å²) in [6.45, 7) is 11.1. The number of esters is 1. The largest absolute Gasteiger partial charge is 0.477 e. The van der Waals surface area contributed by atoms with Gasteiger partial charge in [-0.05, 0) is 25.2 Å². The molecule has 1 aromatic carbocycles. The topological polar surface area (TPSA) is 142 Å². The van der Waals surface area contributed by atoms with Crippen molar-refractivity contribution in [3.8, 4) is 0 Å². The normalized spacial score (nSPS) is 19.7. The summed E-state index contributed by atoms with van der Waals surface area (Å²) in [5.41, 5.74) is 6.69. The van der Waals surface area contributed by atoms with Crippen LogP contribution in [0.1, 0.15) is 39.3 Å². The summed E-state index contributed by atoms with van der Waals surface area (Å²) < 4.78 is 4.88. The Kier molecular flexibility index (Phi) is 10.7. The fourth-order valence-electron chi connectivity index (χ4n) is 3.71. The summed E-state index contributed by atoms with van der Waals surface area (Å²) in [5.74, 6) is -2.62. The van der Waals surface area contributed by atoms with E-state index in [1.165, 1.54) is 38.3 Å². The van der Waals surface area contributed by atoms with Crippen LogP contribution in [0.4, 0.5) is 0 Å². The second-order valence-corrected chi connectivity index (χ2v) is 9.05. The Morgan fingerprint density at radius 1 is 1.20 bits per heavy atom. The molecule has 3 rings (SSSR count). The summed E-state index contributed by atoms with van der Waals surface area (Å²) >= 11 is 1.29. The number of hydrogen-bond acceptors (Lipinski definition) is 8. The molecule has 11 heteroatoms. The van der Waals surface area contributed by atoms with E-state index in [-0.39, 0.29) is 18.1 Å². The maximum atomic E-state index is 12.5. The van der Waals surface area contributed by atoms with E-state index in [9.17, 15) is 24.3 Å². The zero-order valence-corrected chi connectivity index (χ0v) is 21.3. The first kappa shape index (κ1) is 28.3. The molecule has 2 heterocycles. The van der Waals surface area contributed by atoms with E-state index in [0.29, 0.717) is 11.1 Å². The molecule has 0 aliphatic carbocycles. The molecule has 3 atom stereocenters. The molecule has 2 amide bonds. The number of amides is 2. The van der Waals surface area contributed by atoms with Gasteiger partial charge in [0.05, 0.1) is 0 Å². The molecule has 1 fully saturated rings. The molecule has 0 bridgehead atoms. The van der Waals surface area contributed by atoms with Gasteiger partial charge in [-0.3, -0.25) is 19.3 Å². The van der Waals surface area contributed by atoms with Gasteiger partial charge in [0, 0.05) is 18.2 Å². The van der Waals surface area contributed by atoms with Crippen molar-refractivity contribution in [1.29, 1.82) is 0 Å². The molecule has 0 aromatic heterocycles. The minimum atomic E-state index is -1.29. The van der Waals surface area contributed by atoms with Crippen molar-refractivity contribution in [2.45, 2.75) is 45.2 Å². The number of carboxylic acid groups (broad SMARTS) is 1. The highest BCUT2D eigenvalue weighted by Crippen LogP contribution is 2.40. The predicted octanol–water partition coefficient (Wildman–Crippen LogP) is 1.34. The fourth-order valence-corrected chi connectivity index (χ4v) is 5.04. The van der Waals surface area contributed by atoms with Crippen molar-refractivity contribution in [3.05, 3.63) is 47.2 Å². The van der Waals surface area contributed by atoms with Gasteiger partial charge in [-0.25, -0.2) is 4.79 Å². The highest BCUT2D eigenvalue weighted by molar-refractivity contribution is 8.00. The molecule has 0 saturated carbocycles. The molecule has 1 aromatic rings. The summed E-state index contributed by atoms with van der Waals surface area (Å²) in [6, 6.07) is 6.92. The van der Waals surface area contributed by atoms with E-state index >= 15 is 0 Å². The quantitative estimate of drug-likeness (QED) is 0.334. The first-order valence-electron chi connectivity index (χ1n) is 11.5. The lowest BCUT2D eigenvalue weighted by Gasteiger charge is -2.49. The van der Waals surface area contributed by atoms with Gasteiger partial charge in [0.25, 0.3) is 5.91 Å². The van der Waals surface area contributed by atoms with E-state index in [0.717, 1.165) is 4.90 Å². The van der Waals surface area contributed by atoms with Gasteiger partial charge in [0.1, 0.15) is 29.8 Å². The molecule has 0 radical (unpaired) electrons. The number of carbonyl (C=O) groups excluding carboxylic acids is 3. The SMILES string of the molecule is CC(=O)OCC1=C(C(=O)O)N2C(=O)[C@@H](NC(=O)[C@H](N)c3ccccc3)[C@H]2SC1.CCN(CC)CC. The molecular formula is C24H34N4O6S. The molecule has 1 saturated heterocycles. The van der Waals surface area contributed by atoms with Crippen LogP contribution in [0.15, 0.2) is 41.6 Å². The number of thioether (sulfide) groups is 1. The third-order valence-electron chi connectivity index (χ3n) is 5.78. The minimum Gasteiger partial charge on any atom is -0.477 e. The molecule has 192 valence electrons. The Hall–Kier alpha value is -2.89. The average Bonchev–Trinajstić information content (AvgIpc) is 2.86. The van der Waals surface area contributed by atoms with Crippen LogP contribution in [0.3, 0.4) is 0 Å². The third-order valence-corrected chi connectivity index (χ3v) is 7.12. The summed E-state index contributed by atoms with van der Waals surface area (Å²) in [7, 11) is 0. The van der Waals surface area contributed by atoms with E-state index in [4.69, 9.17) is 10.5 Å². The van der Waals surface area contributed by atoms with Crippen LogP contribution in [0.5, 0.6) is 0 Å². The zero-order chi connectivity index (χ0) is 26.1. The summed E-state index contributed by atoms with van der Waals surface area (Å²) in [4.78, 5) is 51.1. The van der Waals surface area contributed by atoms with E-state index in [2.05, 4.69) is 31.0 Å². The van der Waals surface area contributed by atoms with Gasteiger partial charge in [0.15, 0.2) is 0 Å². The molecular weight excluding hydrogens is 472 g/mol. The second kappa shape index (κ2) is 13.3. The van der Waals surface area contributed by atoms with Crippen LogP contribution in [0.2, 0.25) is 0 Å². The van der Waals surface area contributed by atoms with Crippen LogP contribution in [-0.4, -0.2) is 82.1 Å². The number of ether oxygens (including phenoxy) is 1. The number of nitrogens with zero attached hydrogens (tertiary/aromatic N) is 2. The molecule has 35 heavy (non-hydrogen) atoms. The van der Waals surface area contributed by atoms with Gasteiger partial charge >= 0.3 is 11.9 Å². The van der Waals surface area contributed by atoms with Crippen LogP contribution < -0.4 is 11.1 Å². The number of carbonyl (C=O) groups is 4. The number of carboxylic acids is 1. The number of rotatable bonds is 9. The van der Waals surface area contributed by atoms with Gasteiger partial charge in [-0.15, -0.1) is 11.8 Å². The number of nitrogens with one attached hydrogen (secondary N) is 1. The standard InChI is InChI=1S/C18H19N3O6S.C6H15N/c1-9(22)27-7-11-8-28-17-13(16(24)21(17)14(11)18(25)26)20-15(23)12(19)10-5-3-2-4-6-10;1-4-7(5-2)6-3/h2-6,12-13,17H,7-8,19H2,1H3,(H,20,23)(H,25,26);4-6H2,1-3H3/t12-,13-,17-;/m1./s1. The number of fused-ring (bicyclic) bond motifs is 1. The summed E-state index contributed by atoms with van der Waals surface area (Å²) in [6.07, 6.45) is 0. The van der Waals surface area contributed by atoms with Crippen molar-refractivity contribution < 1.29 is 29.0 Å². The second-order valence-electron chi connectivity index (χ2n) is 7.94. The van der Waals surface area contributed by atoms with E-state index in [1.54, 1.807) is 30.3 Å². The van der Waals surface area contributed by atoms with Crippen LogP contribution >= 0.6 is 11.8 Å². The zero-order valence-electron chi connectivity index (χ0n) is 20.5. The lowest BCUT2D eigenvalue weighted by Crippen LogP contribution is -2.71. The van der Waals surface area contributed by atoms with Crippen LogP contribution in [0, 0.1) is 0 Å². The number of hydrogen-bond donors (Lipinski definition) is 3. The first-order chi connectivity index (χ1) is 16.7. The molecule has 0 unspecified atom stereocenters. The van der Waals surface area contributed by atoms with Gasteiger partial charge < -0.3 is 25.8 Å². The lowest BCUT2D eigenvalue weighted by atomic mass is 10.0. The van der Waals surface area contributed by atoms with E-state index < -0.39 is 41.2 Å². The molecule has 4 N–H and O–H groups in total. The number of benzene rings is 1. The Balaban J connectivity index is 0.000000540. The first-order valence-corrected chi connectivity index (χ1v) is 12.6. The minimum absolute atomic E-state index is 0.198. The van der Waals surface area contributed by atoms with E-state index in [1.807, 2.05) is 0 Å². The maximum Gasteiger partial charge on any atom is 0.352 e. The predicted molar refractivity (Wildman–Crippen MR) is 133 cm³/mol. The summed E-state index contributed by atoms with van der Waals surface area (Å²) in [5, 5.41) is 11.6. The van der Waals surface area contributed by atoms with Crippen molar-refractivity contribution in [3.63, 3.8) is 0 Å². The van der Waals surface area contributed by atoms with Crippen LogP contribution in [-0.2, 0) is 23.9 Å². The number of β-lactam (4-membered cyclic amide) rings is 1. The van der Waals surface area contributed by atoms with Gasteiger partial charge in [0.2, 0.25) is 5.91 Å². The smallest absolute Gasteiger partial charge is 0.352 e. The van der Waals surface area contributed by atoms with Crippen molar-refractivity contribution in [2.75, 3.05) is 32.0 Å². The Morgan fingerprint density at radius 2 is 1.80 bits per heavy atom. The molecule has 0 spiro atoms. The Bertz CT molecular complexity index is 945. The highest BCUT2D eigenvalue weighted by Gasteiger charge is 2.54. The number of nitrogens with two attached hydrogens (primary N) is 1. The lowest BCUT2D eigenvalue weighted by molar-refractivity contribution is -0.151. The van der Waals surface area contributed by atoms with Crippen molar-refractivity contribution >= 4 is 35.5 Å². The molecule has 2 aliphatic rings. The fraction of sp³-hybridized carbons (Fsp3) is 0.500. The van der Waals surface area contributed by atoms with Crippen molar-refractivity contribution in [1.82, 2.24) is 15.1 Å².